The molecule has 0 aromatic heterocycles. The van der Waals surface area contributed by atoms with Crippen LogP contribution in [0.3, 0.4) is 0 Å². The van der Waals surface area contributed by atoms with Crippen molar-refractivity contribution < 1.29 is 4.79 Å². The minimum absolute atomic E-state index is 0.111. The van der Waals surface area contributed by atoms with Crippen LogP contribution in [-0.4, -0.2) is 10.8 Å². The molecule has 3 aromatic rings. The van der Waals surface area contributed by atoms with E-state index in [0.29, 0.717) is 22.4 Å². The van der Waals surface area contributed by atoms with Gasteiger partial charge in [-0.15, -0.1) is 0 Å². The highest BCUT2D eigenvalue weighted by Crippen LogP contribution is 2.31. The molecule has 0 saturated carbocycles. The summed E-state index contributed by atoms with van der Waals surface area (Å²) in [5.74, 6) is -0.876. The summed E-state index contributed by atoms with van der Waals surface area (Å²) in [5, 5.41) is 18.1. The van der Waals surface area contributed by atoms with Crippen LogP contribution < -0.4 is 5.73 Å². The van der Waals surface area contributed by atoms with Gasteiger partial charge in [-0.05, 0) is 23.8 Å². The summed E-state index contributed by atoms with van der Waals surface area (Å²) in [7, 11) is 0. The lowest BCUT2D eigenvalue weighted by Gasteiger charge is -2.13. The van der Waals surface area contributed by atoms with Gasteiger partial charge in [0.15, 0.2) is 5.78 Å². The van der Waals surface area contributed by atoms with Crippen molar-refractivity contribution in [2.75, 3.05) is 5.73 Å². The quantitative estimate of drug-likeness (QED) is 0.220. The molecule has 0 aliphatic rings. The fraction of sp³-hybridized carbons (Fsp3) is 0.0455. The topological polar surface area (TPSA) is 90.7 Å². The van der Waals surface area contributed by atoms with Crippen LogP contribution in [0.4, 0.5) is 5.69 Å². The smallest absolute Gasteiger partial charge is 0.193 e. The molecule has 0 radical (unpaired) electrons. The summed E-state index contributed by atoms with van der Waals surface area (Å²) in [5.41, 5.74) is 8.20. The molecule has 3 aromatic carbocycles. The van der Waals surface area contributed by atoms with E-state index >= 15 is 0 Å². The summed E-state index contributed by atoms with van der Waals surface area (Å²) in [6, 6.07) is 25.3. The lowest BCUT2D eigenvalue weighted by molar-refractivity contribution is 0.103. The Kier molecular flexibility index (Phi) is 5.70. The van der Waals surface area contributed by atoms with E-state index in [2.05, 4.69) is 6.07 Å². The first-order valence-corrected chi connectivity index (χ1v) is 9.12. The number of nitrogens with two attached hydrogens (primary N) is 1. The van der Waals surface area contributed by atoms with Crippen molar-refractivity contribution in [2.24, 2.45) is 0 Å². The first-order valence-electron chi connectivity index (χ1n) is 8.30. The van der Waals surface area contributed by atoms with Crippen LogP contribution in [0.5, 0.6) is 0 Å². The second-order valence-electron chi connectivity index (χ2n) is 5.89. The number of nitriles is 1. The van der Waals surface area contributed by atoms with Gasteiger partial charge in [-0.1, -0.05) is 72.4 Å². The van der Waals surface area contributed by atoms with E-state index in [1.165, 1.54) is 0 Å². The van der Waals surface area contributed by atoms with Crippen LogP contribution in [0.2, 0.25) is 0 Å². The minimum atomic E-state index is -0.766. The van der Waals surface area contributed by atoms with E-state index in [-0.39, 0.29) is 10.8 Å². The highest BCUT2D eigenvalue weighted by atomic mass is 32.2. The molecule has 3 N–H and O–H groups in total. The predicted molar refractivity (Wildman–Crippen MR) is 109 cm³/mol. The first-order chi connectivity index (χ1) is 13.1. The maximum absolute atomic E-state index is 12.7. The number of para-hydroxylation sites is 1. The fourth-order valence-electron chi connectivity index (χ4n) is 2.65. The number of carbonyl (C=O) groups is 1. The van der Waals surface area contributed by atoms with Gasteiger partial charge in [0.05, 0.1) is 11.1 Å². The summed E-state index contributed by atoms with van der Waals surface area (Å²) < 4.78 is 0. The van der Waals surface area contributed by atoms with Crippen molar-refractivity contribution in [3.63, 3.8) is 0 Å². The van der Waals surface area contributed by atoms with Crippen molar-refractivity contribution in [3.05, 3.63) is 95.6 Å². The Balaban J connectivity index is 1.86. The molecule has 0 aliphatic carbocycles. The average Bonchev–Trinajstić information content (AvgIpc) is 2.70. The number of hydrogen-bond donors (Lipinski definition) is 2. The normalized spacial score (nSPS) is 11.4. The van der Waals surface area contributed by atoms with Crippen LogP contribution >= 0.6 is 11.8 Å². The highest BCUT2D eigenvalue weighted by Gasteiger charge is 2.20. The van der Waals surface area contributed by atoms with Gasteiger partial charge in [0.25, 0.3) is 0 Å². The van der Waals surface area contributed by atoms with Gasteiger partial charge < -0.3 is 5.73 Å². The molecule has 1 atom stereocenters. The maximum Gasteiger partial charge on any atom is 0.193 e. The Morgan fingerprint density at radius 2 is 1.63 bits per heavy atom. The zero-order valence-electron chi connectivity index (χ0n) is 14.4. The van der Waals surface area contributed by atoms with Crippen LogP contribution in [0.1, 0.15) is 27.4 Å². The molecule has 0 bridgehead atoms. The van der Waals surface area contributed by atoms with E-state index in [9.17, 15) is 10.1 Å². The van der Waals surface area contributed by atoms with E-state index in [0.717, 1.165) is 16.7 Å². The summed E-state index contributed by atoms with van der Waals surface area (Å²) >= 11 is 1.16. The standard InChI is InChI=1S/C22H17N3OS/c23-14-18(22(25)27-20-12-5-4-11-19(20)24)16-9-6-10-17(13-16)21(26)15-7-2-1-3-8-15/h1-13,18,25H,24H2. The number of hydrogen-bond acceptors (Lipinski definition) is 5. The number of carbonyl (C=O) groups excluding carboxylic acids is 1. The molecule has 5 heteroatoms. The molecule has 0 spiro atoms. The molecule has 0 heterocycles. The van der Waals surface area contributed by atoms with Crippen LogP contribution in [0.15, 0.2) is 83.8 Å². The van der Waals surface area contributed by atoms with Gasteiger partial charge in [0.2, 0.25) is 0 Å². The zero-order valence-corrected chi connectivity index (χ0v) is 15.2. The number of rotatable bonds is 5. The SMILES string of the molecule is N#CC(C(=N)Sc1ccccc1N)c1cccc(C(=O)c2ccccc2)c1. The Morgan fingerprint density at radius 1 is 0.963 bits per heavy atom. The fourth-order valence-corrected chi connectivity index (χ4v) is 3.53. The zero-order chi connectivity index (χ0) is 19.2. The van der Waals surface area contributed by atoms with E-state index in [4.69, 9.17) is 11.1 Å². The molecule has 0 amide bonds. The van der Waals surface area contributed by atoms with Crippen LogP contribution in [0.25, 0.3) is 0 Å². The number of nitrogens with one attached hydrogen (secondary N) is 1. The van der Waals surface area contributed by atoms with Crippen molar-refractivity contribution >= 4 is 28.3 Å². The van der Waals surface area contributed by atoms with Crippen molar-refractivity contribution in [1.29, 1.82) is 10.7 Å². The summed E-state index contributed by atoms with van der Waals surface area (Å²) in [4.78, 5) is 13.4. The van der Waals surface area contributed by atoms with E-state index in [1.807, 2.05) is 36.4 Å². The molecule has 4 nitrogen and oxygen atoms in total. The molecule has 0 aliphatic heterocycles. The lowest BCUT2D eigenvalue weighted by atomic mass is 9.96. The monoisotopic (exact) mass is 371 g/mol. The van der Waals surface area contributed by atoms with Crippen molar-refractivity contribution in [3.8, 4) is 6.07 Å². The van der Waals surface area contributed by atoms with Gasteiger partial charge in [0, 0.05) is 21.7 Å². The van der Waals surface area contributed by atoms with E-state index < -0.39 is 5.92 Å². The van der Waals surface area contributed by atoms with Crippen molar-refractivity contribution in [2.45, 2.75) is 10.8 Å². The van der Waals surface area contributed by atoms with Gasteiger partial charge in [-0.25, -0.2) is 0 Å². The van der Waals surface area contributed by atoms with Gasteiger partial charge in [-0.3, -0.25) is 10.2 Å². The van der Waals surface area contributed by atoms with E-state index in [1.54, 1.807) is 42.5 Å². The van der Waals surface area contributed by atoms with Gasteiger partial charge in [-0.2, -0.15) is 5.26 Å². The summed E-state index contributed by atoms with van der Waals surface area (Å²) in [6.45, 7) is 0. The third-order valence-electron chi connectivity index (χ3n) is 4.05. The Labute approximate surface area is 162 Å². The number of thioether (sulfide) groups is 1. The largest absolute Gasteiger partial charge is 0.398 e. The molecular formula is C22H17N3OS. The maximum atomic E-state index is 12.7. The molecule has 0 saturated heterocycles. The third-order valence-corrected chi connectivity index (χ3v) is 5.10. The number of nitrogens with zero attached hydrogens (tertiary/aromatic N) is 1. The number of anilines is 1. The van der Waals surface area contributed by atoms with Gasteiger partial charge in [0.1, 0.15) is 5.92 Å². The van der Waals surface area contributed by atoms with Crippen molar-refractivity contribution in [1.82, 2.24) is 0 Å². The summed E-state index contributed by atoms with van der Waals surface area (Å²) in [6.07, 6.45) is 0. The molecule has 3 rings (SSSR count). The third kappa shape index (κ3) is 4.25. The highest BCUT2D eigenvalue weighted by molar-refractivity contribution is 8.14. The Hall–Kier alpha value is -3.36. The predicted octanol–water partition coefficient (Wildman–Crippen LogP) is 4.88. The molecular weight excluding hydrogens is 354 g/mol. The first kappa shape index (κ1) is 18.4. The van der Waals surface area contributed by atoms with Gasteiger partial charge >= 0.3 is 0 Å². The minimum Gasteiger partial charge on any atom is -0.398 e. The van der Waals surface area contributed by atoms with Crippen LogP contribution in [-0.2, 0) is 0 Å². The number of nitrogen functional groups attached to an aromatic ring is 1. The Bertz CT molecular complexity index is 1020. The average molecular weight is 371 g/mol. The lowest BCUT2D eigenvalue weighted by Crippen LogP contribution is -2.08. The second kappa shape index (κ2) is 8.35. The molecule has 132 valence electrons. The second-order valence-corrected chi connectivity index (χ2v) is 6.97. The molecule has 1 unspecified atom stereocenters. The van der Waals surface area contributed by atoms with Crippen LogP contribution in [0, 0.1) is 16.7 Å². The number of benzene rings is 3. The molecule has 0 fully saturated rings. The number of ketones is 1. The molecule has 27 heavy (non-hydrogen) atoms. The Morgan fingerprint density at radius 3 is 2.33 bits per heavy atom.